The molecule has 0 bridgehead atoms. The summed E-state index contributed by atoms with van der Waals surface area (Å²) in [5, 5.41) is 20.0. The summed E-state index contributed by atoms with van der Waals surface area (Å²) in [7, 11) is 0. The summed E-state index contributed by atoms with van der Waals surface area (Å²) in [6.07, 6.45) is 4.29. The first-order chi connectivity index (χ1) is 9.12. The van der Waals surface area contributed by atoms with Gasteiger partial charge in [-0.15, -0.1) is 0 Å². The molecule has 0 radical (unpaired) electrons. The Labute approximate surface area is 122 Å². The van der Waals surface area contributed by atoms with E-state index in [0.717, 1.165) is 32.1 Å². The molecule has 0 aromatic heterocycles. The molecule has 0 saturated carbocycles. The second-order valence-electron chi connectivity index (χ2n) is 6.64. The number of hydrogen-bond donors (Lipinski definition) is 2. The van der Waals surface area contributed by atoms with Crippen LogP contribution in [0.5, 0.6) is 0 Å². The van der Waals surface area contributed by atoms with E-state index in [1.165, 1.54) is 6.92 Å². The summed E-state index contributed by atoms with van der Waals surface area (Å²) in [6.45, 7) is 8.48. The van der Waals surface area contributed by atoms with Crippen molar-refractivity contribution in [1.29, 1.82) is 0 Å². The molecule has 0 amide bonds. The third kappa shape index (κ3) is 4.05. The van der Waals surface area contributed by atoms with Crippen LogP contribution in [0, 0.1) is 10.8 Å². The van der Waals surface area contributed by atoms with E-state index in [9.17, 15) is 19.8 Å². The fourth-order valence-corrected chi connectivity index (χ4v) is 3.03. The van der Waals surface area contributed by atoms with Crippen molar-refractivity contribution in [2.45, 2.75) is 79.2 Å². The largest absolute Gasteiger partial charge is 0.480 e. The molecule has 0 aromatic rings. The highest BCUT2D eigenvalue weighted by Crippen LogP contribution is 2.44. The summed E-state index contributed by atoms with van der Waals surface area (Å²) >= 11 is 0. The van der Waals surface area contributed by atoms with Crippen molar-refractivity contribution >= 4 is 11.8 Å². The minimum absolute atomic E-state index is 0.354. The van der Waals surface area contributed by atoms with Crippen molar-refractivity contribution in [3.63, 3.8) is 0 Å². The molecular formula is C16H30O4. The highest BCUT2D eigenvalue weighted by Gasteiger charge is 2.57. The van der Waals surface area contributed by atoms with Gasteiger partial charge in [0, 0.05) is 0 Å². The van der Waals surface area contributed by atoms with Crippen LogP contribution in [0.4, 0.5) is 0 Å². The number of carboxylic acid groups (broad SMARTS) is 1. The van der Waals surface area contributed by atoms with E-state index in [1.807, 2.05) is 0 Å². The topological polar surface area (TPSA) is 74.6 Å². The van der Waals surface area contributed by atoms with Crippen LogP contribution in [0.3, 0.4) is 0 Å². The Morgan fingerprint density at radius 1 is 1.05 bits per heavy atom. The lowest BCUT2D eigenvalue weighted by Crippen LogP contribution is -2.56. The van der Waals surface area contributed by atoms with E-state index in [1.54, 1.807) is 20.8 Å². The van der Waals surface area contributed by atoms with Crippen LogP contribution in [-0.4, -0.2) is 28.1 Å². The van der Waals surface area contributed by atoms with E-state index in [2.05, 4.69) is 6.92 Å². The molecule has 2 N–H and O–H groups in total. The first kappa shape index (κ1) is 19.1. The second-order valence-corrected chi connectivity index (χ2v) is 6.64. The molecule has 4 nitrogen and oxygen atoms in total. The van der Waals surface area contributed by atoms with Crippen LogP contribution in [0.1, 0.15) is 73.1 Å². The molecular weight excluding hydrogens is 256 g/mol. The van der Waals surface area contributed by atoms with Crippen molar-refractivity contribution in [2.75, 3.05) is 0 Å². The van der Waals surface area contributed by atoms with Gasteiger partial charge in [0.15, 0.2) is 5.41 Å². The molecule has 0 aliphatic carbocycles. The van der Waals surface area contributed by atoms with Gasteiger partial charge < -0.3 is 10.2 Å². The average molecular weight is 286 g/mol. The number of carbonyl (C=O) groups is 2. The van der Waals surface area contributed by atoms with Crippen LogP contribution in [0.2, 0.25) is 0 Å². The van der Waals surface area contributed by atoms with Crippen molar-refractivity contribution in [3.8, 4) is 0 Å². The monoisotopic (exact) mass is 286 g/mol. The summed E-state index contributed by atoms with van der Waals surface area (Å²) in [6, 6.07) is 0. The van der Waals surface area contributed by atoms with Crippen molar-refractivity contribution < 1.29 is 19.8 Å². The predicted molar refractivity (Wildman–Crippen MR) is 79.6 cm³/mol. The Morgan fingerprint density at radius 3 is 1.90 bits per heavy atom. The molecule has 0 spiro atoms. The molecule has 0 saturated heterocycles. The molecule has 0 aliphatic heterocycles. The number of ketones is 1. The quantitative estimate of drug-likeness (QED) is 0.503. The minimum atomic E-state index is -1.72. The number of unbranched alkanes of at least 4 members (excludes halogenated alkanes) is 4. The zero-order valence-corrected chi connectivity index (χ0v) is 13.5. The number of carbonyl (C=O) groups excluding carboxylic acids is 1. The van der Waals surface area contributed by atoms with Crippen molar-refractivity contribution in [2.24, 2.45) is 10.8 Å². The summed E-state index contributed by atoms with van der Waals surface area (Å²) < 4.78 is 0. The average Bonchev–Trinajstić information content (AvgIpc) is 2.26. The fourth-order valence-electron chi connectivity index (χ4n) is 3.03. The number of carboxylic acids is 1. The number of hydrogen-bond acceptors (Lipinski definition) is 3. The Hall–Kier alpha value is -0.900. The number of aliphatic hydroxyl groups is 1. The molecule has 0 rings (SSSR count). The molecule has 0 aromatic carbocycles. The zero-order chi connectivity index (χ0) is 16.0. The van der Waals surface area contributed by atoms with Gasteiger partial charge in [-0.2, -0.15) is 0 Å². The lowest BCUT2D eigenvalue weighted by molar-refractivity contribution is -0.174. The summed E-state index contributed by atoms with van der Waals surface area (Å²) in [5.41, 5.74) is -2.55. The van der Waals surface area contributed by atoms with Crippen molar-refractivity contribution in [3.05, 3.63) is 0 Å². The first-order valence-corrected chi connectivity index (χ1v) is 7.54. The normalized spacial score (nSPS) is 16.5. The van der Waals surface area contributed by atoms with Gasteiger partial charge >= 0.3 is 5.97 Å². The van der Waals surface area contributed by atoms with Gasteiger partial charge in [0.05, 0.1) is 6.10 Å². The molecule has 0 fully saturated rings. The van der Waals surface area contributed by atoms with E-state index < -0.39 is 28.7 Å². The molecule has 2 atom stereocenters. The van der Waals surface area contributed by atoms with Gasteiger partial charge in [-0.1, -0.05) is 59.8 Å². The third-order valence-corrected chi connectivity index (χ3v) is 4.16. The highest BCUT2D eigenvalue weighted by molar-refractivity contribution is 6.03. The van der Waals surface area contributed by atoms with Crippen molar-refractivity contribution in [1.82, 2.24) is 0 Å². The maximum atomic E-state index is 12.0. The third-order valence-electron chi connectivity index (χ3n) is 4.16. The second kappa shape index (κ2) is 7.77. The summed E-state index contributed by atoms with van der Waals surface area (Å²) in [4.78, 5) is 23.7. The van der Waals surface area contributed by atoms with Gasteiger partial charge in [0.25, 0.3) is 0 Å². The highest BCUT2D eigenvalue weighted by atomic mass is 16.4. The van der Waals surface area contributed by atoms with E-state index in [4.69, 9.17) is 0 Å². The number of aliphatic hydroxyl groups excluding tert-OH is 1. The molecule has 0 heterocycles. The Bertz CT molecular complexity index is 314. The summed E-state index contributed by atoms with van der Waals surface area (Å²) in [5.74, 6) is -1.70. The Morgan fingerprint density at radius 2 is 1.55 bits per heavy atom. The van der Waals surface area contributed by atoms with Crippen LogP contribution >= 0.6 is 0 Å². The standard InChI is InChI=1S/C16H30O4/c1-6-7-8-9-10-11-13(18)16(12(2)17,14(19)20)15(3,4)5/h13,18H,6-11H2,1-5H3,(H,19,20). The maximum absolute atomic E-state index is 12.0. The van der Waals surface area contributed by atoms with Gasteiger partial charge in [0.1, 0.15) is 5.78 Å². The van der Waals surface area contributed by atoms with Gasteiger partial charge in [-0.3, -0.25) is 9.59 Å². The molecule has 4 heteroatoms. The van der Waals surface area contributed by atoms with Gasteiger partial charge in [-0.25, -0.2) is 0 Å². The number of aliphatic carboxylic acids is 1. The Kier molecular flexibility index (Phi) is 7.42. The predicted octanol–water partition coefficient (Wildman–Crippen LogP) is 3.41. The van der Waals surface area contributed by atoms with Crippen LogP contribution in [-0.2, 0) is 9.59 Å². The lowest BCUT2D eigenvalue weighted by Gasteiger charge is -2.42. The van der Waals surface area contributed by atoms with E-state index >= 15 is 0 Å². The fraction of sp³-hybridized carbons (Fsp3) is 0.875. The number of Topliss-reactive ketones (excluding diaryl/α,β-unsaturated/α-hetero) is 1. The molecule has 2 unspecified atom stereocenters. The van der Waals surface area contributed by atoms with Gasteiger partial charge in [0.2, 0.25) is 0 Å². The van der Waals surface area contributed by atoms with Crippen LogP contribution in [0.15, 0.2) is 0 Å². The number of rotatable bonds is 9. The molecule has 118 valence electrons. The zero-order valence-electron chi connectivity index (χ0n) is 13.5. The van der Waals surface area contributed by atoms with Gasteiger partial charge in [-0.05, 0) is 18.8 Å². The Balaban J connectivity index is 4.96. The van der Waals surface area contributed by atoms with Crippen LogP contribution < -0.4 is 0 Å². The smallest absolute Gasteiger partial charge is 0.320 e. The van der Waals surface area contributed by atoms with E-state index in [0.29, 0.717) is 6.42 Å². The minimum Gasteiger partial charge on any atom is -0.480 e. The molecule has 20 heavy (non-hydrogen) atoms. The van der Waals surface area contributed by atoms with E-state index in [-0.39, 0.29) is 0 Å². The first-order valence-electron chi connectivity index (χ1n) is 7.54. The SMILES string of the molecule is CCCCCCCC(O)C(C(C)=O)(C(=O)O)C(C)(C)C. The maximum Gasteiger partial charge on any atom is 0.320 e. The molecule has 0 aliphatic rings. The lowest BCUT2D eigenvalue weighted by atomic mass is 9.60. The van der Waals surface area contributed by atoms with Crippen LogP contribution in [0.25, 0.3) is 0 Å².